The first-order chi connectivity index (χ1) is 13.8. The van der Waals surface area contributed by atoms with Crippen LogP contribution in [0.3, 0.4) is 0 Å². The molecule has 2 aromatic rings. The van der Waals surface area contributed by atoms with Gasteiger partial charge in [-0.1, -0.05) is 67.8 Å². The molecule has 4 atom stereocenters. The first-order valence-electron chi connectivity index (χ1n) is 10.1. The summed E-state index contributed by atoms with van der Waals surface area (Å²) in [5.74, 6) is 0.00246. The maximum Gasteiger partial charge on any atom is 0.241 e. The van der Waals surface area contributed by atoms with Crippen LogP contribution in [0.2, 0.25) is 0 Å². The van der Waals surface area contributed by atoms with E-state index >= 15 is 0 Å². The smallest absolute Gasteiger partial charge is 0.241 e. The van der Waals surface area contributed by atoms with E-state index in [2.05, 4.69) is 4.72 Å². The highest BCUT2D eigenvalue weighted by molar-refractivity contribution is 7.89. The molecule has 1 heterocycles. The van der Waals surface area contributed by atoms with Gasteiger partial charge in [0.25, 0.3) is 0 Å². The Hall–Kier alpha value is -2.02. The monoisotopic (exact) mass is 413 g/mol. The van der Waals surface area contributed by atoms with Crippen molar-refractivity contribution in [3.05, 3.63) is 65.7 Å². The zero-order valence-corrected chi connectivity index (χ0v) is 17.6. The summed E-state index contributed by atoms with van der Waals surface area (Å²) in [7, 11) is -3.82. The predicted molar refractivity (Wildman–Crippen MR) is 111 cm³/mol. The minimum absolute atomic E-state index is 0.00246. The summed E-state index contributed by atoms with van der Waals surface area (Å²) in [5.41, 5.74) is 1.17. The van der Waals surface area contributed by atoms with Crippen LogP contribution in [0.1, 0.15) is 49.8 Å². The van der Waals surface area contributed by atoms with Crippen molar-refractivity contribution in [1.82, 2.24) is 4.72 Å². The predicted octanol–water partition coefficient (Wildman–Crippen LogP) is 3.93. The molecular weight excluding hydrogens is 386 g/mol. The fraction of sp³-hybridized carbons (Fsp3) is 0.435. The Balaban J connectivity index is 1.70. The second-order valence-electron chi connectivity index (χ2n) is 8.40. The lowest BCUT2D eigenvalue weighted by atomic mass is 9.71. The number of carbonyl (C=O) groups is 1. The summed E-state index contributed by atoms with van der Waals surface area (Å²) in [5, 5.41) is 0. The van der Waals surface area contributed by atoms with Crippen LogP contribution in [-0.2, 0) is 19.6 Å². The van der Waals surface area contributed by atoms with Gasteiger partial charge in [0.15, 0.2) is 5.78 Å². The minimum Gasteiger partial charge on any atom is -0.364 e. The van der Waals surface area contributed by atoms with E-state index in [9.17, 15) is 13.2 Å². The van der Waals surface area contributed by atoms with Crippen molar-refractivity contribution in [3.8, 4) is 0 Å². The first kappa shape index (κ1) is 20.3. The molecule has 1 saturated heterocycles. The Morgan fingerprint density at radius 3 is 2.41 bits per heavy atom. The molecule has 0 spiro atoms. The third kappa shape index (κ3) is 3.77. The number of aryl methyl sites for hydroxylation is 1. The highest BCUT2D eigenvalue weighted by atomic mass is 32.2. The fourth-order valence-corrected chi connectivity index (χ4v) is 5.74. The highest BCUT2D eigenvalue weighted by Gasteiger charge is 2.56. The molecule has 1 N–H and O–H groups in total. The Morgan fingerprint density at radius 2 is 1.76 bits per heavy atom. The molecule has 1 aliphatic heterocycles. The largest absolute Gasteiger partial charge is 0.364 e. The summed E-state index contributed by atoms with van der Waals surface area (Å²) in [4.78, 5) is 13.6. The molecule has 0 unspecified atom stereocenters. The molecule has 0 amide bonds. The standard InChI is InChI=1S/C23H27NO4S/c1-16-11-13-18(14-12-16)29(26,27)24-20(17-8-4-3-5-9-17)21-22(25)23(2)15-7-6-10-19(23)28-21/h3-5,8-9,11-14,19-21,24H,6-7,10,15H2,1-2H3/t19-,20+,21-,23+/m0/s1. The summed E-state index contributed by atoms with van der Waals surface area (Å²) in [6.45, 7) is 3.87. The fourth-order valence-electron chi connectivity index (χ4n) is 4.51. The number of nitrogens with one attached hydrogen (secondary N) is 1. The van der Waals surface area contributed by atoms with Crippen LogP contribution in [0.15, 0.2) is 59.5 Å². The third-order valence-corrected chi connectivity index (χ3v) is 7.79. The summed E-state index contributed by atoms with van der Waals surface area (Å²) in [6, 6.07) is 15.2. The second-order valence-corrected chi connectivity index (χ2v) is 10.1. The van der Waals surface area contributed by atoms with E-state index in [4.69, 9.17) is 4.74 Å². The Morgan fingerprint density at radius 1 is 1.07 bits per heavy atom. The van der Waals surface area contributed by atoms with Gasteiger partial charge >= 0.3 is 0 Å². The SMILES string of the molecule is Cc1ccc(S(=O)(=O)N[C@H](c2ccccc2)[C@@H]2O[C@H]3CCCC[C@@]3(C)C2=O)cc1. The number of sulfonamides is 1. The molecule has 0 aromatic heterocycles. The van der Waals surface area contributed by atoms with Gasteiger partial charge < -0.3 is 4.74 Å². The molecule has 2 fully saturated rings. The van der Waals surface area contributed by atoms with Crippen molar-refractivity contribution in [2.45, 2.75) is 62.7 Å². The lowest BCUT2D eigenvalue weighted by Crippen LogP contribution is -2.42. The minimum atomic E-state index is -3.82. The number of carbonyl (C=O) groups excluding carboxylic acids is 1. The molecule has 29 heavy (non-hydrogen) atoms. The van der Waals surface area contributed by atoms with Crippen LogP contribution in [0, 0.1) is 12.3 Å². The van der Waals surface area contributed by atoms with Crippen molar-refractivity contribution < 1.29 is 17.9 Å². The summed E-state index contributed by atoms with van der Waals surface area (Å²) < 4.78 is 35.2. The molecule has 1 aliphatic carbocycles. The van der Waals surface area contributed by atoms with E-state index in [1.54, 1.807) is 24.3 Å². The topological polar surface area (TPSA) is 72.5 Å². The average Bonchev–Trinajstić information content (AvgIpc) is 2.98. The maximum absolute atomic E-state index is 13.4. The Labute approximate surface area is 172 Å². The van der Waals surface area contributed by atoms with Gasteiger partial charge in [-0.05, 0) is 37.5 Å². The quantitative estimate of drug-likeness (QED) is 0.806. The van der Waals surface area contributed by atoms with Gasteiger partial charge in [-0.15, -0.1) is 0 Å². The summed E-state index contributed by atoms with van der Waals surface area (Å²) >= 11 is 0. The van der Waals surface area contributed by atoms with Gasteiger partial charge in [-0.3, -0.25) is 4.79 Å². The normalized spacial score (nSPS) is 28.1. The van der Waals surface area contributed by atoms with Crippen molar-refractivity contribution in [2.75, 3.05) is 0 Å². The molecule has 5 nitrogen and oxygen atoms in total. The Kier molecular flexibility index (Phi) is 5.36. The van der Waals surface area contributed by atoms with E-state index in [1.807, 2.05) is 44.2 Å². The number of hydrogen-bond acceptors (Lipinski definition) is 4. The lowest BCUT2D eigenvalue weighted by molar-refractivity contribution is -0.128. The molecular formula is C23H27NO4S. The maximum atomic E-state index is 13.4. The third-order valence-electron chi connectivity index (χ3n) is 6.33. The molecule has 0 bridgehead atoms. The number of Topliss-reactive ketones (excluding diaryl/α,β-unsaturated/α-hetero) is 1. The van der Waals surface area contributed by atoms with Crippen molar-refractivity contribution >= 4 is 15.8 Å². The van der Waals surface area contributed by atoms with Crippen LogP contribution in [0.5, 0.6) is 0 Å². The zero-order valence-electron chi connectivity index (χ0n) is 16.8. The van der Waals surface area contributed by atoms with Crippen molar-refractivity contribution in [2.24, 2.45) is 5.41 Å². The number of rotatable bonds is 5. The van der Waals surface area contributed by atoms with Crippen molar-refractivity contribution in [3.63, 3.8) is 0 Å². The van der Waals surface area contributed by atoms with Gasteiger partial charge in [0.2, 0.25) is 10.0 Å². The number of hydrogen-bond donors (Lipinski definition) is 1. The average molecular weight is 414 g/mol. The molecule has 2 aromatic carbocycles. The van der Waals surface area contributed by atoms with Crippen LogP contribution in [0.4, 0.5) is 0 Å². The number of ketones is 1. The molecule has 4 rings (SSSR count). The van der Waals surface area contributed by atoms with Crippen LogP contribution >= 0.6 is 0 Å². The van der Waals surface area contributed by atoms with E-state index < -0.39 is 27.6 Å². The highest BCUT2D eigenvalue weighted by Crippen LogP contribution is 2.47. The molecule has 0 radical (unpaired) electrons. The molecule has 2 aliphatic rings. The van der Waals surface area contributed by atoms with E-state index in [0.29, 0.717) is 0 Å². The lowest BCUT2D eigenvalue weighted by Gasteiger charge is -2.32. The van der Waals surface area contributed by atoms with Crippen molar-refractivity contribution in [1.29, 1.82) is 0 Å². The van der Waals surface area contributed by atoms with E-state index in [0.717, 1.165) is 36.8 Å². The van der Waals surface area contributed by atoms with E-state index in [-0.39, 0.29) is 16.8 Å². The number of fused-ring (bicyclic) bond motifs is 1. The van der Waals surface area contributed by atoms with Gasteiger partial charge in [0, 0.05) is 0 Å². The first-order valence-corrected chi connectivity index (χ1v) is 11.6. The molecule has 154 valence electrons. The van der Waals surface area contributed by atoms with Gasteiger partial charge in [0.05, 0.1) is 22.5 Å². The van der Waals surface area contributed by atoms with Crippen LogP contribution in [-0.4, -0.2) is 26.4 Å². The number of ether oxygens (including phenoxy) is 1. The van der Waals surface area contributed by atoms with Gasteiger partial charge in [0.1, 0.15) is 6.10 Å². The zero-order chi connectivity index (χ0) is 20.6. The Bertz CT molecular complexity index is 987. The second kappa shape index (κ2) is 7.67. The molecule has 6 heteroatoms. The van der Waals surface area contributed by atoms with Gasteiger partial charge in [-0.25, -0.2) is 13.1 Å². The number of benzene rings is 2. The summed E-state index contributed by atoms with van der Waals surface area (Å²) in [6.07, 6.45) is 2.68. The molecule has 1 saturated carbocycles. The van der Waals surface area contributed by atoms with Crippen LogP contribution < -0.4 is 4.72 Å². The van der Waals surface area contributed by atoms with Crippen LogP contribution in [0.25, 0.3) is 0 Å². The van der Waals surface area contributed by atoms with E-state index in [1.165, 1.54) is 0 Å². The van der Waals surface area contributed by atoms with Gasteiger partial charge in [-0.2, -0.15) is 0 Å².